The molecule has 0 aromatic heterocycles. The minimum atomic E-state index is 0.823. The van der Waals surface area contributed by atoms with Crippen molar-refractivity contribution in [1.82, 2.24) is 0 Å². The Morgan fingerprint density at radius 1 is 1.11 bits per heavy atom. The van der Waals surface area contributed by atoms with Crippen molar-refractivity contribution in [2.45, 2.75) is 54.3 Å². The quantitative estimate of drug-likeness (QED) is 0.612. The van der Waals surface area contributed by atoms with E-state index in [4.69, 9.17) is 0 Å². The molecule has 0 aromatic carbocycles. The summed E-state index contributed by atoms with van der Waals surface area (Å²) in [5, 5.41) is 0. The second-order valence-electron chi connectivity index (χ2n) is 7.34. The van der Waals surface area contributed by atoms with Crippen LogP contribution in [0.1, 0.15) is 48.0 Å². The average Bonchev–Trinajstić information content (AvgIpc) is 2.24. The van der Waals surface area contributed by atoms with Gasteiger partial charge in [0, 0.05) is 0 Å². The topological polar surface area (TPSA) is 0 Å². The summed E-state index contributed by atoms with van der Waals surface area (Å²) in [6.07, 6.45) is 2.79. The number of rotatable bonds is 5. The van der Waals surface area contributed by atoms with Gasteiger partial charge in [-0.15, -0.1) is 12.6 Å². The Labute approximate surface area is 116 Å². The van der Waals surface area contributed by atoms with Crippen LogP contribution in [0.5, 0.6) is 0 Å². The average molecular weight is 248 g/mol. The lowest BCUT2D eigenvalue weighted by atomic mass is 9.53. The van der Waals surface area contributed by atoms with E-state index in [1.807, 2.05) is 0 Å². The molecule has 0 nitrogen and oxygen atoms in total. The molecule has 0 radical (unpaired) electrons. The highest BCUT2D eigenvalue weighted by atomic mass is 14.5. The van der Waals surface area contributed by atoms with Crippen LogP contribution in [0.4, 0.5) is 0 Å². The fraction of sp³-hybridized carbons (Fsp3) is 0.882. The van der Waals surface area contributed by atoms with Crippen molar-refractivity contribution in [1.29, 1.82) is 0 Å². The molecule has 1 heteroatoms. The van der Waals surface area contributed by atoms with Crippen LogP contribution in [0.15, 0.2) is 12.6 Å². The van der Waals surface area contributed by atoms with Gasteiger partial charge in [-0.1, -0.05) is 47.9 Å². The first kappa shape index (κ1) is 15.9. The van der Waals surface area contributed by atoms with Gasteiger partial charge in [-0.2, -0.15) is 0 Å². The summed E-state index contributed by atoms with van der Waals surface area (Å²) in [7, 11) is 1.19. The SMILES string of the molecule is C=CBCC1CC(C)C(C(C)C)C(C)C1C(C)C. The van der Waals surface area contributed by atoms with Crippen LogP contribution >= 0.6 is 0 Å². The Kier molecular flexibility index (Phi) is 6.01. The van der Waals surface area contributed by atoms with E-state index in [0.29, 0.717) is 0 Å². The molecule has 0 heterocycles. The first-order valence-electron chi connectivity index (χ1n) is 8.01. The fourth-order valence-corrected chi connectivity index (χ4v) is 5.05. The predicted octanol–water partition coefficient (Wildman–Crippen LogP) is 4.82. The number of hydrogen-bond donors (Lipinski definition) is 0. The van der Waals surface area contributed by atoms with Crippen LogP contribution in [0.25, 0.3) is 0 Å². The minimum Gasteiger partial charge on any atom is -0.126 e. The monoisotopic (exact) mass is 248 g/mol. The maximum atomic E-state index is 3.90. The summed E-state index contributed by atoms with van der Waals surface area (Å²) >= 11 is 0. The van der Waals surface area contributed by atoms with E-state index in [1.165, 1.54) is 20.0 Å². The molecule has 104 valence electrons. The summed E-state index contributed by atoms with van der Waals surface area (Å²) < 4.78 is 0. The van der Waals surface area contributed by atoms with Gasteiger partial charge >= 0.3 is 0 Å². The Morgan fingerprint density at radius 2 is 1.67 bits per heavy atom. The molecule has 1 aliphatic carbocycles. The molecular weight excluding hydrogens is 215 g/mol. The van der Waals surface area contributed by atoms with Gasteiger partial charge in [-0.05, 0) is 47.8 Å². The van der Waals surface area contributed by atoms with Gasteiger partial charge in [-0.3, -0.25) is 0 Å². The Morgan fingerprint density at radius 3 is 2.11 bits per heavy atom. The van der Waals surface area contributed by atoms with E-state index in [1.54, 1.807) is 0 Å². The lowest BCUT2D eigenvalue weighted by Crippen LogP contribution is -2.42. The zero-order valence-electron chi connectivity index (χ0n) is 13.4. The molecule has 0 spiro atoms. The molecule has 0 saturated heterocycles. The third-order valence-corrected chi connectivity index (χ3v) is 5.37. The smallest absolute Gasteiger partial charge is 0.126 e. The Balaban J connectivity index is 2.86. The van der Waals surface area contributed by atoms with Crippen LogP contribution in [0, 0.1) is 41.4 Å². The van der Waals surface area contributed by atoms with Gasteiger partial charge in [0.15, 0.2) is 0 Å². The van der Waals surface area contributed by atoms with Gasteiger partial charge in [0.1, 0.15) is 7.28 Å². The molecule has 1 rings (SSSR count). The second-order valence-corrected chi connectivity index (χ2v) is 7.34. The zero-order valence-corrected chi connectivity index (χ0v) is 13.4. The van der Waals surface area contributed by atoms with E-state index >= 15 is 0 Å². The molecule has 0 aliphatic heterocycles. The van der Waals surface area contributed by atoms with Gasteiger partial charge in [0.05, 0.1) is 0 Å². The number of hydrogen-bond acceptors (Lipinski definition) is 0. The Hall–Kier alpha value is -0.195. The maximum absolute atomic E-state index is 3.90. The molecule has 1 aliphatic rings. The third kappa shape index (κ3) is 3.42. The van der Waals surface area contributed by atoms with Crippen molar-refractivity contribution >= 4 is 7.28 Å². The molecule has 18 heavy (non-hydrogen) atoms. The lowest BCUT2D eigenvalue weighted by Gasteiger charge is -2.49. The van der Waals surface area contributed by atoms with E-state index in [9.17, 15) is 0 Å². The lowest BCUT2D eigenvalue weighted by molar-refractivity contribution is 0.0106. The van der Waals surface area contributed by atoms with Gasteiger partial charge in [0.25, 0.3) is 0 Å². The van der Waals surface area contributed by atoms with Gasteiger partial charge < -0.3 is 0 Å². The highest BCUT2D eigenvalue weighted by molar-refractivity contribution is 6.41. The van der Waals surface area contributed by atoms with Crippen LogP contribution in [-0.4, -0.2) is 7.28 Å². The third-order valence-electron chi connectivity index (χ3n) is 5.37. The van der Waals surface area contributed by atoms with Crippen LogP contribution < -0.4 is 0 Å². The van der Waals surface area contributed by atoms with Crippen molar-refractivity contribution in [2.24, 2.45) is 41.4 Å². The second kappa shape index (κ2) is 6.82. The van der Waals surface area contributed by atoms with E-state index in [-0.39, 0.29) is 0 Å². The largest absolute Gasteiger partial charge is 0.147 e. The molecule has 0 aromatic rings. The maximum Gasteiger partial charge on any atom is 0.147 e. The predicted molar refractivity (Wildman–Crippen MR) is 85.2 cm³/mol. The highest BCUT2D eigenvalue weighted by Gasteiger charge is 2.42. The summed E-state index contributed by atoms with van der Waals surface area (Å²) in [6, 6.07) is 0. The summed E-state index contributed by atoms with van der Waals surface area (Å²) in [4.78, 5) is 0. The van der Waals surface area contributed by atoms with Gasteiger partial charge in [-0.25, -0.2) is 0 Å². The first-order chi connectivity index (χ1) is 8.40. The molecule has 0 N–H and O–H groups in total. The van der Waals surface area contributed by atoms with Crippen molar-refractivity contribution < 1.29 is 0 Å². The van der Waals surface area contributed by atoms with E-state index in [0.717, 1.165) is 41.4 Å². The molecule has 1 saturated carbocycles. The van der Waals surface area contributed by atoms with Gasteiger partial charge in [0.2, 0.25) is 0 Å². The molecule has 1 fully saturated rings. The minimum absolute atomic E-state index is 0.823. The Bertz CT molecular complexity index is 256. The van der Waals surface area contributed by atoms with E-state index < -0.39 is 0 Å². The van der Waals surface area contributed by atoms with Crippen molar-refractivity contribution in [3.63, 3.8) is 0 Å². The summed E-state index contributed by atoms with van der Waals surface area (Å²) in [6.45, 7) is 18.6. The fourth-order valence-electron chi connectivity index (χ4n) is 5.05. The molecule has 0 amide bonds. The van der Waals surface area contributed by atoms with Crippen LogP contribution in [0.3, 0.4) is 0 Å². The normalized spacial score (nSPS) is 37.0. The van der Waals surface area contributed by atoms with E-state index in [2.05, 4.69) is 54.1 Å². The molecule has 5 atom stereocenters. The zero-order chi connectivity index (χ0) is 13.9. The van der Waals surface area contributed by atoms with Crippen LogP contribution in [-0.2, 0) is 0 Å². The van der Waals surface area contributed by atoms with Crippen molar-refractivity contribution in [2.75, 3.05) is 0 Å². The standard InChI is InChI=1S/C17H33B/c1-8-18-10-15-9-13(6)16(11(2)3)14(7)17(15)12(4)5/h8,11-18H,1,9-10H2,2-7H3. The first-order valence-corrected chi connectivity index (χ1v) is 8.01. The van der Waals surface area contributed by atoms with Crippen molar-refractivity contribution in [3.8, 4) is 0 Å². The van der Waals surface area contributed by atoms with Crippen LogP contribution in [0.2, 0.25) is 6.32 Å². The molecular formula is C17H33B. The summed E-state index contributed by atoms with van der Waals surface area (Å²) in [5.41, 5.74) is 0. The molecule has 5 unspecified atom stereocenters. The highest BCUT2D eigenvalue weighted by Crippen LogP contribution is 2.49. The molecule has 0 bridgehead atoms. The summed E-state index contributed by atoms with van der Waals surface area (Å²) in [5.74, 6) is 8.27. The van der Waals surface area contributed by atoms with Crippen molar-refractivity contribution in [3.05, 3.63) is 12.6 Å².